The van der Waals surface area contributed by atoms with Crippen molar-refractivity contribution in [1.29, 1.82) is 0 Å². The number of nitrogens with one attached hydrogen (secondary N) is 1. The first-order valence-electron chi connectivity index (χ1n) is 4.30. The third kappa shape index (κ3) is 2.34. The van der Waals surface area contributed by atoms with E-state index in [1.54, 1.807) is 0 Å². The first-order valence-corrected chi connectivity index (χ1v) is 5.09. The van der Waals surface area contributed by atoms with E-state index in [0.717, 1.165) is 16.2 Å². The van der Waals surface area contributed by atoms with Crippen LogP contribution in [0.1, 0.15) is 12.8 Å². The number of halogens is 1. The van der Waals surface area contributed by atoms with E-state index >= 15 is 0 Å². The highest BCUT2D eigenvalue weighted by atomic mass is 79.9. The number of anilines is 1. The number of pyridine rings is 1. The monoisotopic (exact) mass is 242 g/mol. The zero-order valence-electron chi connectivity index (χ0n) is 7.38. The second kappa shape index (κ2) is 3.54. The van der Waals surface area contributed by atoms with E-state index in [0.29, 0.717) is 6.10 Å². The lowest BCUT2D eigenvalue weighted by molar-refractivity contribution is 0.303. The van der Waals surface area contributed by atoms with Gasteiger partial charge < -0.3 is 10.1 Å². The van der Waals surface area contributed by atoms with Crippen LogP contribution < -0.4 is 10.1 Å². The maximum absolute atomic E-state index is 5.64. The Labute approximate surface area is 85.6 Å². The van der Waals surface area contributed by atoms with Crippen LogP contribution in [0.4, 0.5) is 5.82 Å². The van der Waals surface area contributed by atoms with E-state index < -0.39 is 0 Å². The zero-order chi connectivity index (χ0) is 9.26. The Morgan fingerprint density at radius 2 is 2.31 bits per heavy atom. The number of ether oxygens (including phenoxy) is 1. The third-order valence-corrected chi connectivity index (χ3v) is 2.26. The summed E-state index contributed by atoms with van der Waals surface area (Å²) in [5, 5.41) is 2.98. The van der Waals surface area contributed by atoms with Crippen LogP contribution in [-0.2, 0) is 0 Å². The van der Waals surface area contributed by atoms with Gasteiger partial charge in [0.2, 0.25) is 0 Å². The molecule has 3 nitrogen and oxygen atoms in total. The highest BCUT2D eigenvalue weighted by Crippen LogP contribution is 2.29. The highest BCUT2D eigenvalue weighted by molar-refractivity contribution is 9.10. The van der Waals surface area contributed by atoms with Gasteiger partial charge in [0, 0.05) is 19.2 Å². The molecule has 4 heteroatoms. The number of nitrogens with zero attached hydrogens (tertiary/aromatic N) is 1. The maximum Gasteiger partial charge on any atom is 0.130 e. The lowest BCUT2D eigenvalue weighted by atomic mass is 10.4. The first kappa shape index (κ1) is 8.81. The Morgan fingerprint density at radius 1 is 1.54 bits per heavy atom. The Morgan fingerprint density at radius 3 is 2.92 bits per heavy atom. The van der Waals surface area contributed by atoms with Gasteiger partial charge in [-0.25, -0.2) is 4.98 Å². The number of hydrogen-bond donors (Lipinski definition) is 1. The maximum atomic E-state index is 5.64. The predicted octanol–water partition coefficient (Wildman–Crippen LogP) is 2.43. The highest BCUT2D eigenvalue weighted by Gasteiger charge is 2.23. The molecule has 70 valence electrons. The normalized spacial score (nSPS) is 15.5. The standard InChI is InChI=1S/C9H11BrN2O/c1-11-9-5-7(4-8(10)12-9)13-6-2-3-6/h4-6H,2-3H2,1H3,(H,11,12). The van der Waals surface area contributed by atoms with Crippen LogP contribution in [0.5, 0.6) is 5.75 Å². The summed E-state index contributed by atoms with van der Waals surface area (Å²) in [4.78, 5) is 4.21. The van der Waals surface area contributed by atoms with Crippen LogP contribution in [0.25, 0.3) is 0 Å². The predicted molar refractivity (Wildman–Crippen MR) is 55.1 cm³/mol. The Kier molecular flexibility index (Phi) is 2.40. The van der Waals surface area contributed by atoms with Crippen molar-refractivity contribution >= 4 is 21.7 Å². The van der Waals surface area contributed by atoms with Gasteiger partial charge in [-0.3, -0.25) is 0 Å². The summed E-state index contributed by atoms with van der Waals surface area (Å²) in [6.45, 7) is 0. The van der Waals surface area contributed by atoms with E-state index in [1.807, 2.05) is 19.2 Å². The lowest BCUT2D eigenvalue weighted by Gasteiger charge is -2.06. The van der Waals surface area contributed by atoms with Crippen molar-refractivity contribution in [1.82, 2.24) is 4.98 Å². The minimum absolute atomic E-state index is 0.430. The van der Waals surface area contributed by atoms with Crippen LogP contribution in [0, 0.1) is 0 Å². The summed E-state index contributed by atoms with van der Waals surface area (Å²) in [7, 11) is 1.84. The van der Waals surface area contributed by atoms with Gasteiger partial charge in [0.25, 0.3) is 0 Å². The molecular formula is C9H11BrN2O. The first-order chi connectivity index (χ1) is 6.28. The molecule has 0 spiro atoms. The molecule has 0 saturated heterocycles. The summed E-state index contributed by atoms with van der Waals surface area (Å²) in [6.07, 6.45) is 2.78. The van der Waals surface area contributed by atoms with Gasteiger partial charge >= 0.3 is 0 Å². The summed E-state index contributed by atoms with van der Waals surface area (Å²) in [6, 6.07) is 3.79. The molecule has 2 rings (SSSR count). The third-order valence-electron chi connectivity index (χ3n) is 1.85. The molecule has 1 aliphatic rings. The molecule has 1 aromatic rings. The van der Waals surface area contributed by atoms with Crippen molar-refractivity contribution in [2.45, 2.75) is 18.9 Å². The van der Waals surface area contributed by atoms with E-state index in [4.69, 9.17) is 4.74 Å². The second-order valence-electron chi connectivity index (χ2n) is 3.08. The summed E-state index contributed by atoms with van der Waals surface area (Å²) >= 11 is 3.33. The molecule has 1 saturated carbocycles. The molecule has 1 fully saturated rings. The SMILES string of the molecule is CNc1cc(OC2CC2)cc(Br)n1. The Balaban J connectivity index is 2.17. The topological polar surface area (TPSA) is 34.1 Å². The molecule has 1 aromatic heterocycles. The summed E-state index contributed by atoms with van der Waals surface area (Å²) < 4.78 is 6.44. The number of hydrogen-bond acceptors (Lipinski definition) is 3. The smallest absolute Gasteiger partial charge is 0.130 e. The Bertz CT molecular complexity index is 312. The van der Waals surface area contributed by atoms with Gasteiger partial charge in [-0.1, -0.05) is 0 Å². The van der Waals surface area contributed by atoms with Crippen LogP contribution in [0.2, 0.25) is 0 Å². The molecule has 0 amide bonds. The molecule has 0 bridgehead atoms. The zero-order valence-corrected chi connectivity index (χ0v) is 8.97. The van der Waals surface area contributed by atoms with Crippen molar-refractivity contribution in [2.75, 3.05) is 12.4 Å². The van der Waals surface area contributed by atoms with Crippen LogP contribution in [0.15, 0.2) is 16.7 Å². The van der Waals surface area contributed by atoms with Gasteiger partial charge in [0.1, 0.15) is 16.2 Å². The Hall–Kier alpha value is -0.770. The molecule has 0 radical (unpaired) electrons. The second-order valence-corrected chi connectivity index (χ2v) is 3.89. The van der Waals surface area contributed by atoms with E-state index in [1.165, 1.54) is 12.8 Å². The van der Waals surface area contributed by atoms with Gasteiger partial charge in [0.15, 0.2) is 0 Å². The fraction of sp³-hybridized carbons (Fsp3) is 0.444. The minimum Gasteiger partial charge on any atom is -0.490 e. The molecule has 0 aliphatic heterocycles. The van der Waals surface area contributed by atoms with Gasteiger partial charge in [0.05, 0.1) is 6.10 Å². The largest absolute Gasteiger partial charge is 0.490 e. The van der Waals surface area contributed by atoms with Gasteiger partial charge in [-0.05, 0) is 28.8 Å². The molecule has 0 unspecified atom stereocenters. The number of rotatable bonds is 3. The molecule has 1 heterocycles. The van der Waals surface area contributed by atoms with Gasteiger partial charge in [-0.15, -0.1) is 0 Å². The fourth-order valence-electron chi connectivity index (χ4n) is 1.05. The number of aromatic nitrogens is 1. The fourth-order valence-corrected chi connectivity index (χ4v) is 1.46. The minimum atomic E-state index is 0.430. The molecule has 0 aromatic carbocycles. The van der Waals surface area contributed by atoms with Crippen molar-refractivity contribution in [3.05, 3.63) is 16.7 Å². The average molecular weight is 243 g/mol. The van der Waals surface area contributed by atoms with E-state index in [2.05, 4.69) is 26.2 Å². The van der Waals surface area contributed by atoms with Crippen LogP contribution in [-0.4, -0.2) is 18.1 Å². The quantitative estimate of drug-likeness (QED) is 0.828. The van der Waals surface area contributed by atoms with Crippen molar-refractivity contribution in [2.24, 2.45) is 0 Å². The van der Waals surface area contributed by atoms with Crippen LogP contribution >= 0.6 is 15.9 Å². The van der Waals surface area contributed by atoms with Gasteiger partial charge in [-0.2, -0.15) is 0 Å². The summed E-state index contributed by atoms with van der Waals surface area (Å²) in [5.41, 5.74) is 0. The molecular weight excluding hydrogens is 232 g/mol. The average Bonchev–Trinajstić information content (AvgIpc) is 2.87. The van der Waals surface area contributed by atoms with Crippen molar-refractivity contribution in [3.63, 3.8) is 0 Å². The molecule has 1 aliphatic carbocycles. The van der Waals surface area contributed by atoms with E-state index in [9.17, 15) is 0 Å². The molecule has 1 N–H and O–H groups in total. The van der Waals surface area contributed by atoms with E-state index in [-0.39, 0.29) is 0 Å². The van der Waals surface area contributed by atoms with Crippen molar-refractivity contribution < 1.29 is 4.74 Å². The van der Waals surface area contributed by atoms with Crippen LogP contribution in [0.3, 0.4) is 0 Å². The molecule has 13 heavy (non-hydrogen) atoms. The molecule has 0 atom stereocenters. The summed E-state index contributed by atoms with van der Waals surface area (Å²) in [5.74, 6) is 1.71. The lowest BCUT2D eigenvalue weighted by Crippen LogP contribution is -1.98. The van der Waals surface area contributed by atoms with Crippen molar-refractivity contribution in [3.8, 4) is 5.75 Å².